The molecular formula is C15H23N3O3S. The van der Waals surface area contributed by atoms with E-state index in [-0.39, 0.29) is 11.9 Å². The molecule has 0 spiro atoms. The number of hydrogen-bond donors (Lipinski definition) is 2. The fourth-order valence-electron chi connectivity index (χ4n) is 2.76. The van der Waals surface area contributed by atoms with Crippen LogP contribution >= 0.6 is 11.3 Å². The predicted octanol–water partition coefficient (Wildman–Crippen LogP) is 1.59. The molecule has 1 amide bonds. The molecule has 0 saturated heterocycles. The number of nitrogens with zero attached hydrogens (tertiary/aromatic N) is 1. The highest BCUT2D eigenvalue weighted by Crippen LogP contribution is 2.36. The largest absolute Gasteiger partial charge is 0.466 e. The Bertz CT molecular complexity index is 556. The van der Waals surface area contributed by atoms with Crippen molar-refractivity contribution in [2.45, 2.75) is 32.7 Å². The van der Waals surface area contributed by atoms with Gasteiger partial charge in [-0.15, -0.1) is 11.3 Å². The molecule has 0 atom stereocenters. The molecule has 22 heavy (non-hydrogen) atoms. The summed E-state index contributed by atoms with van der Waals surface area (Å²) in [7, 11) is 1.81. The van der Waals surface area contributed by atoms with Crippen LogP contribution in [0.3, 0.4) is 0 Å². The van der Waals surface area contributed by atoms with E-state index in [1.54, 1.807) is 18.4 Å². The van der Waals surface area contributed by atoms with E-state index in [2.05, 4.69) is 10.2 Å². The maximum atomic E-state index is 11.6. The van der Waals surface area contributed by atoms with Gasteiger partial charge in [-0.3, -0.25) is 14.5 Å². The van der Waals surface area contributed by atoms with E-state index in [4.69, 9.17) is 10.5 Å². The Hall–Kier alpha value is -1.60. The predicted molar refractivity (Wildman–Crippen MR) is 87.2 cm³/mol. The molecule has 122 valence electrons. The van der Waals surface area contributed by atoms with Crippen molar-refractivity contribution in [2.24, 2.45) is 5.73 Å². The van der Waals surface area contributed by atoms with Gasteiger partial charge in [-0.1, -0.05) is 0 Å². The minimum absolute atomic E-state index is 0.134. The number of nitrogens with two attached hydrogens (primary N) is 1. The molecule has 1 aromatic heterocycles. The van der Waals surface area contributed by atoms with Gasteiger partial charge >= 0.3 is 5.97 Å². The van der Waals surface area contributed by atoms with Crippen molar-refractivity contribution in [1.29, 1.82) is 0 Å². The van der Waals surface area contributed by atoms with Gasteiger partial charge in [-0.25, -0.2) is 0 Å². The lowest BCUT2D eigenvalue weighted by Gasteiger charge is -2.26. The van der Waals surface area contributed by atoms with Crippen molar-refractivity contribution >= 4 is 28.2 Å². The normalized spacial score (nSPS) is 14.5. The zero-order chi connectivity index (χ0) is 16.1. The average Bonchev–Trinajstić information content (AvgIpc) is 2.85. The number of ether oxygens (including phenoxy) is 1. The van der Waals surface area contributed by atoms with Crippen LogP contribution in [0.5, 0.6) is 0 Å². The molecular weight excluding hydrogens is 302 g/mol. The first-order chi connectivity index (χ1) is 10.6. The van der Waals surface area contributed by atoms with Crippen LogP contribution in [0.2, 0.25) is 0 Å². The van der Waals surface area contributed by atoms with Crippen molar-refractivity contribution < 1.29 is 14.3 Å². The van der Waals surface area contributed by atoms with Crippen LogP contribution in [-0.2, 0) is 22.5 Å². The van der Waals surface area contributed by atoms with Crippen LogP contribution in [0.25, 0.3) is 0 Å². The fraction of sp³-hybridized carbons (Fsp3) is 0.600. The van der Waals surface area contributed by atoms with Crippen molar-refractivity contribution in [2.75, 3.05) is 32.1 Å². The van der Waals surface area contributed by atoms with Crippen molar-refractivity contribution in [3.63, 3.8) is 0 Å². The minimum atomic E-state index is -0.363. The number of carbonyl (C=O) groups is 2. The Labute approximate surface area is 134 Å². The molecule has 2 heterocycles. The number of hydrogen-bond acceptors (Lipinski definition) is 6. The Kier molecular flexibility index (Phi) is 5.79. The van der Waals surface area contributed by atoms with Gasteiger partial charge in [0.05, 0.1) is 12.2 Å². The Morgan fingerprint density at radius 1 is 1.45 bits per heavy atom. The zero-order valence-electron chi connectivity index (χ0n) is 13.1. The summed E-state index contributed by atoms with van der Waals surface area (Å²) < 4.78 is 4.93. The third kappa shape index (κ3) is 3.78. The van der Waals surface area contributed by atoms with E-state index < -0.39 is 0 Å². The lowest BCUT2D eigenvalue weighted by Crippen LogP contribution is -2.31. The highest BCUT2D eigenvalue weighted by Gasteiger charge is 2.26. The third-order valence-corrected chi connectivity index (χ3v) is 5.00. The molecule has 0 bridgehead atoms. The number of anilines is 1. The van der Waals surface area contributed by atoms with Gasteiger partial charge in [0.15, 0.2) is 0 Å². The maximum Gasteiger partial charge on any atom is 0.305 e. The molecule has 2 rings (SSSR count). The van der Waals surface area contributed by atoms with Crippen molar-refractivity contribution in [3.8, 4) is 0 Å². The SMILES string of the molecule is CCOC(=O)CCCN1CCc2c(sc(NC)c2C(N)=O)C1. The van der Waals surface area contributed by atoms with Gasteiger partial charge in [-0.2, -0.15) is 0 Å². The van der Waals surface area contributed by atoms with E-state index >= 15 is 0 Å². The summed E-state index contributed by atoms with van der Waals surface area (Å²) in [4.78, 5) is 26.5. The van der Waals surface area contributed by atoms with E-state index in [9.17, 15) is 9.59 Å². The lowest BCUT2D eigenvalue weighted by molar-refractivity contribution is -0.143. The molecule has 3 N–H and O–H groups in total. The molecule has 0 unspecified atom stereocenters. The van der Waals surface area contributed by atoms with E-state index in [1.165, 1.54) is 4.88 Å². The number of thiophene rings is 1. The Morgan fingerprint density at radius 2 is 2.23 bits per heavy atom. The van der Waals surface area contributed by atoms with Crippen molar-refractivity contribution in [3.05, 3.63) is 16.0 Å². The smallest absolute Gasteiger partial charge is 0.305 e. The highest BCUT2D eigenvalue weighted by molar-refractivity contribution is 7.16. The number of rotatable bonds is 7. The molecule has 6 nitrogen and oxygen atoms in total. The van der Waals surface area contributed by atoms with Gasteiger partial charge in [0.2, 0.25) is 0 Å². The average molecular weight is 325 g/mol. The van der Waals surface area contributed by atoms with Crippen LogP contribution in [-0.4, -0.2) is 43.5 Å². The second-order valence-corrected chi connectivity index (χ2v) is 6.36. The number of carbonyl (C=O) groups excluding carboxylic acids is 2. The molecule has 1 aliphatic heterocycles. The number of fused-ring (bicyclic) bond motifs is 1. The highest BCUT2D eigenvalue weighted by atomic mass is 32.1. The monoisotopic (exact) mass is 325 g/mol. The number of primary amides is 1. The van der Waals surface area contributed by atoms with Gasteiger partial charge in [0.25, 0.3) is 5.91 Å². The summed E-state index contributed by atoms with van der Waals surface area (Å²) in [5, 5.41) is 3.91. The molecule has 7 heteroatoms. The first-order valence-corrected chi connectivity index (χ1v) is 8.38. The lowest BCUT2D eigenvalue weighted by atomic mass is 10.0. The summed E-state index contributed by atoms with van der Waals surface area (Å²) in [6, 6.07) is 0. The molecule has 1 aromatic rings. The Morgan fingerprint density at radius 3 is 2.86 bits per heavy atom. The first-order valence-electron chi connectivity index (χ1n) is 7.56. The summed E-state index contributed by atoms with van der Waals surface area (Å²) in [6.07, 6.45) is 2.07. The molecule has 0 saturated carbocycles. The minimum Gasteiger partial charge on any atom is -0.466 e. The number of nitrogens with one attached hydrogen (secondary N) is 1. The van der Waals surface area contributed by atoms with Gasteiger partial charge in [0, 0.05) is 31.4 Å². The van der Waals surface area contributed by atoms with E-state index in [0.29, 0.717) is 18.6 Å². The fourth-order valence-corrected chi connectivity index (χ4v) is 4.01. The van der Waals surface area contributed by atoms with Crippen LogP contribution in [0.1, 0.15) is 40.6 Å². The van der Waals surface area contributed by atoms with Crippen LogP contribution < -0.4 is 11.1 Å². The molecule has 0 aromatic carbocycles. The second kappa shape index (κ2) is 7.60. The molecule has 1 aliphatic rings. The summed E-state index contributed by atoms with van der Waals surface area (Å²) >= 11 is 1.60. The first kappa shape index (κ1) is 16.8. The van der Waals surface area contributed by atoms with E-state index in [1.807, 2.05) is 6.92 Å². The number of amides is 1. The number of esters is 1. The summed E-state index contributed by atoms with van der Waals surface area (Å²) in [6.45, 7) is 4.80. The van der Waals surface area contributed by atoms with Gasteiger partial charge in [0.1, 0.15) is 5.00 Å². The maximum absolute atomic E-state index is 11.6. The van der Waals surface area contributed by atoms with Gasteiger partial charge < -0.3 is 15.8 Å². The van der Waals surface area contributed by atoms with Gasteiger partial charge in [-0.05, 0) is 31.9 Å². The third-order valence-electron chi connectivity index (χ3n) is 3.77. The van der Waals surface area contributed by atoms with Crippen LogP contribution in [0, 0.1) is 0 Å². The molecule has 0 radical (unpaired) electrons. The summed E-state index contributed by atoms with van der Waals surface area (Å²) in [5.74, 6) is -0.498. The summed E-state index contributed by atoms with van der Waals surface area (Å²) in [5.41, 5.74) is 7.23. The topological polar surface area (TPSA) is 84.7 Å². The van der Waals surface area contributed by atoms with E-state index in [0.717, 1.165) is 43.0 Å². The van der Waals surface area contributed by atoms with Crippen molar-refractivity contribution in [1.82, 2.24) is 4.90 Å². The Balaban J connectivity index is 1.95. The zero-order valence-corrected chi connectivity index (χ0v) is 13.9. The van der Waals surface area contributed by atoms with Crippen LogP contribution in [0.4, 0.5) is 5.00 Å². The standard InChI is InChI=1S/C15H23N3O3S/c1-3-21-12(19)5-4-7-18-8-6-10-11(9-18)22-15(17-2)13(10)14(16)20/h17H,3-9H2,1-2H3,(H2,16,20). The molecule has 0 fully saturated rings. The molecule has 0 aliphatic carbocycles. The second-order valence-electron chi connectivity index (χ2n) is 5.26. The van der Waals surface area contributed by atoms with Crippen LogP contribution in [0.15, 0.2) is 0 Å². The quantitative estimate of drug-likeness (QED) is 0.744.